The highest BCUT2D eigenvalue weighted by molar-refractivity contribution is 9.10. The van der Waals surface area contributed by atoms with Crippen molar-refractivity contribution in [3.63, 3.8) is 0 Å². The van der Waals surface area contributed by atoms with Crippen LogP contribution >= 0.6 is 15.9 Å². The molecule has 4 rings (SSSR count). The van der Waals surface area contributed by atoms with E-state index in [1.807, 2.05) is 18.2 Å². The summed E-state index contributed by atoms with van der Waals surface area (Å²) in [5.74, 6) is 0.630. The number of nitrogens with zero attached hydrogens (tertiary/aromatic N) is 1. The van der Waals surface area contributed by atoms with Crippen LogP contribution in [-0.2, 0) is 0 Å². The van der Waals surface area contributed by atoms with Crippen LogP contribution in [0.2, 0.25) is 0 Å². The second kappa shape index (κ2) is 5.49. The molecule has 0 bridgehead atoms. The molecule has 5 heteroatoms. The van der Waals surface area contributed by atoms with Crippen molar-refractivity contribution in [3.05, 3.63) is 80.3 Å². The summed E-state index contributed by atoms with van der Waals surface area (Å²) in [6.45, 7) is 0. The molecule has 3 atom stereocenters. The minimum Gasteiger partial charge on any atom is -0.372 e. The fraction of sp³-hybridized carbons (Fsp3) is 0.222. The first-order chi connectivity index (χ1) is 11.1. The van der Waals surface area contributed by atoms with Crippen LogP contribution in [-0.4, -0.2) is 4.92 Å². The van der Waals surface area contributed by atoms with Gasteiger partial charge < -0.3 is 5.32 Å². The van der Waals surface area contributed by atoms with Gasteiger partial charge in [0.1, 0.15) is 5.69 Å². The molecule has 0 spiro atoms. The number of anilines is 1. The van der Waals surface area contributed by atoms with Gasteiger partial charge >= 0.3 is 0 Å². The SMILES string of the molecule is O=[N+]([O-])c1cccc2c1N[C@@H](c1ccc(Br)cc1)[C@@H]1CC=C[C@@H]21. The number of allylic oxidation sites excluding steroid dienone is 2. The summed E-state index contributed by atoms with van der Waals surface area (Å²) in [5, 5.41) is 14.9. The van der Waals surface area contributed by atoms with Gasteiger partial charge in [-0.05, 0) is 35.6 Å². The zero-order valence-corrected chi connectivity index (χ0v) is 13.9. The van der Waals surface area contributed by atoms with E-state index in [0.29, 0.717) is 11.6 Å². The molecular formula is C18H15BrN2O2. The maximum absolute atomic E-state index is 11.4. The fourth-order valence-corrected chi connectivity index (χ4v) is 4.02. The maximum atomic E-state index is 11.4. The number of nitrogens with one attached hydrogen (secondary N) is 1. The Morgan fingerprint density at radius 2 is 1.96 bits per heavy atom. The lowest BCUT2D eigenvalue weighted by molar-refractivity contribution is -0.384. The largest absolute Gasteiger partial charge is 0.372 e. The van der Waals surface area contributed by atoms with Crippen molar-refractivity contribution in [3.8, 4) is 0 Å². The average molecular weight is 371 g/mol. The Morgan fingerprint density at radius 1 is 1.17 bits per heavy atom. The number of nitro groups is 1. The van der Waals surface area contributed by atoms with Crippen LogP contribution in [0.25, 0.3) is 0 Å². The number of fused-ring (bicyclic) bond motifs is 3. The van der Waals surface area contributed by atoms with E-state index in [1.54, 1.807) is 12.1 Å². The zero-order valence-electron chi connectivity index (χ0n) is 12.3. The van der Waals surface area contributed by atoms with Gasteiger partial charge in [0, 0.05) is 16.5 Å². The standard InChI is InChI=1S/C18H15BrN2O2/c19-12-9-7-11(8-10-12)17-14-4-1-3-13(14)15-5-2-6-16(21(22)23)18(15)20-17/h1-3,5-10,13-14,17,20H,4H2/t13-,14-,17+/m1/s1. The van der Waals surface area contributed by atoms with E-state index < -0.39 is 0 Å². The molecule has 0 fully saturated rings. The molecule has 2 aromatic carbocycles. The zero-order chi connectivity index (χ0) is 16.0. The summed E-state index contributed by atoms with van der Waals surface area (Å²) < 4.78 is 1.03. The van der Waals surface area contributed by atoms with Crippen LogP contribution in [0.15, 0.2) is 59.1 Å². The van der Waals surface area contributed by atoms with Crippen molar-refractivity contribution in [1.29, 1.82) is 0 Å². The lowest BCUT2D eigenvalue weighted by atomic mass is 9.77. The minimum absolute atomic E-state index is 0.0803. The third-order valence-electron chi connectivity index (χ3n) is 4.80. The van der Waals surface area contributed by atoms with Crippen LogP contribution in [0.4, 0.5) is 11.4 Å². The van der Waals surface area contributed by atoms with Gasteiger partial charge in [0.2, 0.25) is 0 Å². The molecule has 116 valence electrons. The van der Waals surface area contributed by atoms with Gasteiger partial charge in [-0.1, -0.05) is 52.3 Å². The molecule has 0 unspecified atom stereocenters. The molecule has 2 aliphatic rings. The normalized spacial score (nSPS) is 24.7. The molecule has 1 heterocycles. The Morgan fingerprint density at radius 3 is 2.70 bits per heavy atom. The second-order valence-corrected chi connectivity index (χ2v) is 6.94. The molecular weight excluding hydrogens is 356 g/mol. The van der Waals surface area contributed by atoms with E-state index in [9.17, 15) is 10.1 Å². The van der Waals surface area contributed by atoms with Crippen molar-refractivity contribution in [2.24, 2.45) is 5.92 Å². The van der Waals surface area contributed by atoms with Crippen molar-refractivity contribution in [2.45, 2.75) is 18.4 Å². The van der Waals surface area contributed by atoms with Crippen LogP contribution in [0.5, 0.6) is 0 Å². The monoisotopic (exact) mass is 370 g/mol. The van der Waals surface area contributed by atoms with Crippen LogP contribution in [0, 0.1) is 16.0 Å². The number of halogens is 1. The lowest BCUT2D eigenvalue weighted by Crippen LogP contribution is -2.29. The molecule has 1 N–H and O–H groups in total. The number of para-hydroxylation sites is 1. The van der Waals surface area contributed by atoms with E-state index in [2.05, 4.69) is 45.5 Å². The average Bonchev–Trinajstić information content (AvgIpc) is 3.04. The molecule has 2 aromatic rings. The summed E-state index contributed by atoms with van der Waals surface area (Å²) in [6.07, 6.45) is 5.37. The van der Waals surface area contributed by atoms with Crippen LogP contribution in [0.1, 0.15) is 29.5 Å². The molecule has 0 radical (unpaired) electrons. The molecule has 0 saturated heterocycles. The Balaban J connectivity index is 1.83. The van der Waals surface area contributed by atoms with Crippen LogP contribution in [0.3, 0.4) is 0 Å². The van der Waals surface area contributed by atoms with E-state index >= 15 is 0 Å². The molecule has 0 aromatic heterocycles. The second-order valence-electron chi connectivity index (χ2n) is 6.03. The maximum Gasteiger partial charge on any atom is 0.292 e. The highest BCUT2D eigenvalue weighted by Gasteiger charge is 2.40. The van der Waals surface area contributed by atoms with Gasteiger partial charge in [-0.3, -0.25) is 10.1 Å². The van der Waals surface area contributed by atoms with Crippen LogP contribution < -0.4 is 5.32 Å². The van der Waals surface area contributed by atoms with E-state index in [0.717, 1.165) is 22.0 Å². The number of rotatable bonds is 2. The number of nitro benzene ring substituents is 1. The summed E-state index contributed by atoms with van der Waals surface area (Å²) in [5.41, 5.74) is 3.02. The third-order valence-corrected chi connectivity index (χ3v) is 5.33. The lowest BCUT2D eigenvalue weighted by Gasteiger charge is -2.37. The Kier molecular flexibility index (Phi) is 3.45. The topological polar surface area (TPSA) is 55.2 Å². The Hall–Kier alpha value is -2.14. The Bertz CT molecular complexity index is 801. The highest BCUT2D eigenvalue weighted by Crippen LogP contribution is 2.51. The van der Waals surface area contributed by atoms with E-state index in [1.165, 1.54) is 0 Å². The van der Waals surface area contributed by atoms with Crippen molar-refractivity contribution in [2.75, 3.05) is 5.32 Å². The van der Waals surface area contributed by atoms with Crippen molar-refractivity contribution in [1.82, 2.24) is 0 Å². The first-order valence-corrected chi connectivity index (χ1v) is 8.40. The number of hydrogen-bond acceptors (Lipinski definition) is 3. The summed E-state index contributed by atoms with van der Waals surface area (Å²) >= 11 is 3.46. The van der Waals surface area contributed by atoms with Crippen molar-refractivity contribution < 1.29 is 4.92 Å². The fourth-order valence-electron chi connectivity index (χ4n) is 3.76. The van der Waals surface area contributed by atoms with Gasteiger partial charge in [-0.25, -0.2) is 0 Å². The molecule has 1 aliphatic carbocycles. The summed E-state index contributed by atoms with van der Waals surface area (Å²) in [6, 6.07) is 13.6. The van der Waals surface area contributed by atoms with Crippen molar-refractivity contribution >= 4 is 27.3 Å². The predicted molar refractivity (Wildman–Crippen MR) is 93.6 cm³/mol. The van der Waals surface area contributed by atoms with Gasteiger partial charge in [0.05, 0.1) is 11.0 Å². The smallest absolute Gasteiger partial charge is 0.292 e. The molecule has 0 saturated carbocycles. The minimum atomic E-state index is -0.302. The molecule has 0 amide bonds. The quantitative estimate of drug-likeness (QED) is 0.449. The molecule has 1 aliphatic heterocycles. The summed E-state index contributed by atoms with van der Waals surface area (Å²) in [4.78, 5) is 11.1. The molecule has 4 nitrogen and oxygen atoms in total. The van der Waals surface area contributed by atoms with Gasteiger partial charge in [-0.15, -0.1) is 0 Å². The number of hydrogen-bond donors (Lipinski definition) is 1. The predicted octanol–water partition coefficient (Wildman–Crippen LogP) is 5.18. The van der Waals surface area contributed by atoms with Gasteiger partial charge in [-0.2, -0.15) is 0 Å². The third kappa shape index (κ3) is 2.36. The first kappa shape index (κ1) is 14.5. The van der Waals surface area contributed by atoms with E-state index in [-0.39, 0.29) is 22.6 Å². The molecule has 23 heavy (non-hydrogen) atoms. The van der Waals surface area contributed by atoms with E-state index in [4.69, 9.17) is 0 Å². The Labute approximate surface area is 142 Å². The first-order valence-electron chi connectivity index (χ1n) is 7.61. The van der Waals surface area contributed by atoms with Gasteiger partial charge in [0.15, 0.2) is 0 Å². The summed E-state index contributed by atoms with van der Waals surface area (Å²) in [7, 11) is 0. The highest BCUT2D eigenvalue weighted by atomic mass is 79.9. The van der Waals surface area contributed by atoms with Gasteiger partial charge in [0.25, 0.3) is 5.69 Å². The number of benzene rings is 2.